The molecule has 3 aromatic carbocycles. The van der Waals surface area contributed by atoms with Crippen molar-refractivity contribution in [2.75, 3.05) is 0 Å². The van der Waals surface area contributed by atoms with Gasteiger partial charge in [0.05, 0.1) is 5.69 Å². The molecule has 0 spiro atoms. The van der Waals surface area contributed by atoms with Gasteiger partial charge >= 0.3 is 0 Å². The zero-order chi connectivity index (χ0) is 32.3. The van der Waals surface area contributed by atoms with Crippen LogP contribution in [-0.2, 0) is 30.9 Å². The second kappa shape index (κ2) is 14.3. The first-order valence-electron chi connectivity index (χ1n) is 16.2. The molecule has 5 aromatic rings. The number of rotatable bonds is 3. The van der Waals surface area contributed by atoms with Crippen molar-refractivity contribution < 1.29 is 20.1 Å². The van der Waals surface area contributed by atoms with Crippen molar-refractivity contribution in [1.29, 1.82) is 0 Å². The van der Waals surface area contributed by atoms with Crippen molar-refractivity contribution in [2.24, 2.45) is 5.92 Å². The molecule has 239 valence electrons. The summed E-state index contributed by atoms with van der Waals surface area (Å²) in [6.07, 6.45) is 15.1. The van der Waals surface area contributed by atoms with Crippen molar-refractivity contribution >= 4 is 5.57 Å². The van der Waals surface area contributed by atoms with Gasteiger partial charge in [-0.1, -0.05) is 156 Å². The van der Waals surface area contributed by atoms with E-state index in [9.17, 15) is 0 Å². The number of hydrogen-bond acceptors (Lipinski definition) is 2. The van der Waals surface area contributed by atoms with E-state index in [1.54, 1.807) is 0 Å². The number of pyridine rings is 2. The first-order chi connectivity index (χ1) is 22.1. The predicted molar refractivity (Wildman–Crippen MR) is 194 cm³/mol. The van der Waals surface area contributed by atoms with Crippen LogP contribution in [0.15, 0.2) is 140 Å². The molecule has 0 aliphatic heterocycles. The third-order valence-corrected chi connectivity index (χ3v) is 8.87. The van der Waals surface area contributed by atoms with Crippen molar-refractivity contribution in [2.45, 2.75) is 58.3 Å². The SMILES string of the molecule is CC(C)(C)c1ccc(-c2ccc(C(C)(C)C)cn2)cc1.[Ir].[c-]1cc2c(cc1-c1ccccn1)C1C=CC=CC1C=C2c1ccccc1. The van der Waals surface area contributed by atoms with Gasteiger partial charge in [0.25, 0.3) is 0 Å². The minimum Gasteiger partial charge on any atom is -0.305 e. The molecule has 2 aliphatic carbocycles. The normalized spacial score (nSPS) is 16.5. The molecule has 2 heterocycles. The number of fused-ring (bicyclic) bond motifs is 3. The van der Waals surface area contributed by atoms with Gasteiger partial charge in [0.2, 0.25) is 0 Å². The van der Waals surface area contributed by atoms with E-state index in [1.165, 1.54) is 39.0 Å². The van der Waals surface area contributed by atoms with Crippen molar-refractivity contribution in [1.82, 2.24) is 9.97 Å². The Morgan fingerprint density at radius 3 is 1.96 bits per heavy atom. The molecule has 0 N–H and O–H groups in total. The van der Waals surface area contributed by atoms with E-state index in [0.717, 1.165) is 17.0 Å². The molecule has 2 aromatic heterocycles. The van der Waals surface area contributed by atoms with Gasteiger partial charge in [0.1, 0.15) is 0 Å². The second-order valence-corrected chi connectivity index (χ2v) is 14.3. The number of benzene rings is 3. The van der Waals surface area contributed by atoms with Gasteiger partial charge in [-0.3, -0.25) is 4.98 Å². The summed E-state index contributed by atoms with van der Waals surface area (Å²) in [5.74, 6) is 0.765. The van der Waals surface area contributed by atoms with Crippen LogP contribution in [0.25, 0.3) is 28.1 Å². The van der Waals surface area contributed by atoms with E-state index in [0.29, 0.717) is 11.8 Å². The second-order valence-electron chi connectivity index (χ2n) is 14.3. The maximum atomic E-state index is 4.61. The molecule has 0 saturated heterocycles. The molecule has 0 fully saturated rings. The zero-order valence-electron chi connectivity index (χ0n) is 28.2. The smallest absolute Gasteiger partial charge is 0.0702 e. The fraction of sp³-hybridized carbons (Fsp3) is 0.227. The number of allylic oxidation sites excluding steroid dienone is 5. The first-order valence-corrected chi connectivity index (χ1v) is 16.2. The van der Waals surface area contributed by atoms with Crippen LogP contribution in [0.3, 0.4) is 0 Å². The van der Waals surface area contributed by atoms with Crippen LogP contribution in [0.4, 0.5) is 0 Å². The monoisotopic (exact) mass is 792 g/mol. The van der Waals surface area contributed by atoms with Crippen LogP contribution < -0.4 is 0 Å². The average molecular weight is 792 g/mol. The summed E-state index contributed by atoms with van der Waals surface area (Å²) in [6.45, 7) is 13.3. The number of hydrogen-bond donors (Lipinski definition) is 0. The maximum absolute atomic E-state index is 4.61. The van der Waals surface area contributed by atoms with Crippen LogP contribution in [0.2, 0.25) is 0 Å². The Morgan fingerprint density at radius 1 is 0.638 bits per heavy atom. The summed E-state index contributed by atoms with van der Waals surface area (Å²) in [7, 11) is 0. The van der Waals surface area contributed by atoms with E-state index in [2.05, 4.69) is 167 Å². The first kappa shape index (κ1) is 34.2. The maximum Gasteiger partial charge on any atom is 0.0702 e. The minimum absolute atomic E-state index is 0. The summed E-state index contributed by atoms with van der Waals surface area (Å²) in [5.41, 5.74) is 12.4. The van der Waals surface area contributed by atoms with E-state index in [4.69, 9.17) is 0 Å². The van der Waals surface area contributed by atoms with Crippen LogP contribution in [0.1, 0.15) is 75.3 Å². The molecule has 0 bridgehead atoms. The van der Waals surface area contributed by atoms with E-state index >= 15 is 0 Å². The molecule has 2 unspecified atom stereocenters. The molecule has 2 aliphatic rings. The molecule has 0 saturated carbocycles. The van der Waals surface area contributed by atoms with Crippen LogP contribution in [0, 0.1) is 12.0 Å². The van der Waals surface area contributed by atoms with E-state index in [1.807, 2.05) is 30.6 Å². The Labute approximate surface area is 294 Å². The number of aromatic nitrogens is 2. The van der Waals surface area contributed by atoms with Gasteiger partial charge in [-0.25, -0.2) is 0 Å². The summed E-state index contributed by atoms with van der Waals surface area (Å²) in [5, 5.41) is 0. The topological polar surface area (TPSA) is 25.8 Å². The molecule has 0 amide bonds. The third-order valence-electron chi connectivity index (χ3n) is 8.87. The van der Waals surface area contributed by atoms with Gasteiger partial charge in [0, 0.05) is 44.0 Å². The molecule has 3 heteroatoms. The van der Waals surface area contributed by atoms with Crippen molar-refractivity contribution in [3.63, 3.8) is 0 Å². The summed E-state index contributed by atoms with van der Waals surface area (Å²) >= 11 is 0. The third kappa shape index (κ3) is 7.87. The minimum atomic E-state index is 0. The fourth-order valence-corrected chi connectivity index (χ4v) is 6.08. The van der Waals surface area contributed by atoms with Crippen molar-refractivity contribution in [3.05, 3.63) is 174 Å². The van der Waals surface area contributed by atoms with Gasteiger partial charge in [-0.15, -0.1) is 29.3 Å². The molecule has 1 radical (unpaired) electrons. The largest absolute Gasteiger partial charge is 0.305 e. The fourth-order valence-electron chi connectivity index (χ4n) is 6.08. The average Bonchev–Trinajstić information content (AvgIpc) is 3.08. The Morgan fingerprint density at radius 2 is 1.32 bits per heavy atom. The molecule has 2 atom stereocenters. The van der Waals surface area contributed by atoms with Crippen LogP contribution >= 0.6 is 0 Å². The Balaban J connectivity index is 0.000000188. The summed E-state index contributed by atoms with van der Waals surface area (Å²) in [4.78, 5) is 9.11. The van der Waals surface area contributed by atoms with Gasteiger partial charge in [0.15, 0.2) is 0 Å². The van der Waals surface area contributed by atoms with E-state index < -0.39 is 0 Å². The van der Waals surface area contributed by atoms with E-state index in [-0.39, 0.29) is 30.9 Å². The molecule has 7 rings (SSSR count). The molecule has 47 heavy (non-hydrogen) atoms. The molecule has 2 nitrogen and oxygen atoms in total. The van der Waals surface area contributed by atoms with Crippen LogP contribution in [-0.4, -0.2) is 9.97 Å². The van der Waals surface area contributed by atoms with Crippen molar-refractivity contribution in [3.8, 4) is 22.5 Å². The predicted octanol–water partition coefficient (Wildman–Crippen LogP) is 11.2. The van der Waals surface area contributed by atoms with Gasteiger partial charge in [-0.2, -0.15) is 0 Å². The Bertz CT molecular complexity index is 1810. The van der Waals surface area contributed by atoms with Gasteiger partial charge < -0.3 is 4.98 Å². The summed E-state index contributed by atoms with van der Waals surface area (Å²) < 4.78 is 0. The molecular weight excluding hydrogens is 749 g/mol. The quantitative estimate of drug-likeness (QED) is 0.170. The van der Waals surface area contributed by atoms with Gasteiger partial charge in [-0.05, 0) is 51.3 Å². The zero-order valence-corrected chi connectivity index (χ0v) is 30.6. The summed E-state index contributed by atoms with van der Waals surface area (Å²) in [6, 6.07) is 37.6. The Hall–Kier alpha value is -4.17. The number of nitrogens with zero attached hydrogens (tertiary/aromatic N) is 2. The standard InChI is InChI=1S/C25H18N.C19H25N.Ir/c1-2-8-18(9-3-1)23-16-19-10-4-5-11-21(19)24-17-20(13-14-22(23)24)25-12-6-7-15-26-25;1-18(2,3)15-9-7-14(8-10-15)17-12-11-16(13-20-17)19(4,5)6;/h1-12,14-17,19,21H;7-13H,1-6H3;/q-1;;. The molecular formula is C44H43IrN2-. The van der Waals surface area contributed by atoms with Crippen LogP contribution in [0.5, 0.6) is 0 Å². The Kier molecular flexibility index (Phi) is 10.4.